The fourth-order valence-electron chi connectivity index (χ4n) is 3.63. The molecule has 1 fully saturated rings. The van der Waals surface area contributed by atoms with Gasteiger partial charge in [-0.15, -0.1) is 0 Å². The highest BCUT2D eigenvalue weighted by Crippen LogP contribution is 2.47. The monoisotopic (exact) mass is 402 g/mol. The van der Waals surface area contributed by atoms with Crippen LogP contribution < -0.4 is 10.4 Å². The molecule has 4 rings (SSSR count). The van der Waals surface area contributed by atoms with Crippen molar-refractivity contribution in [3.63, 3.8) is 0 Å². The molecule has 0 N–H and O–H groups in total. The van der Waals surface area contributed by atoms with Crippen molar-refractivity contribution in [2.45, 2.75) is 64.1 Å². The molecule has 0 bridgehead atoms. The van der Waals surface area contributed by atoms with Gasteiger partial charge in [-0.05, 0) is 45.9 Å². The van der Waals surface area contributed by atoms with E-state index in [2.05, 4.69) is 0 Å². The molecule has 0 saturated carbocycles. The maximum absolute atomic E-state index is 12.7. The van der Waals surface area contributed by atoms with Crippen LogP contribution >= 0.6 is 0 Å². The van der Waals surface area contributed by atoms with E-state index in [1.54, 1.807) is 45.9 Å². The molecule has 1 saturated heterocycles. The van der Waals surface area contributed by atoms with Gasteiger partial charge in [0.2, 0.25) is 0 Å². The van der Waals surface area contributed by atoms with Gasteiger partial charge in [-0.3, -0.25) is 4.79 Å². The average Bonchev–Trinajstić information content (AvgIpc) is 3.24. The molecule has 0 radical (unpaired) electrons. The van der Waals surface area contributed by atoms with Gasteiger partial charge < -0.3 is 23.4 Å². The Morgan fingerprint density at radius 2 is 1.72 bits per heavy atom. The minimum Gasteiger partial charge on any atom is -0.483 e. The number of benzene rings is 1. The van der Waals surface area contributed by atoms with E-state index in [0.717, 1.165) is 0 Å². The molecule has 3 heterocycles. The van der Waals surface area contributed by atoms with Gasteiger partial charge in [-0.2, -0.15) is 0 Å². The first-order valence-electron chi connectivity index (χ1n) is 9.35. The zero-order valence-electron chi connectivity index (χ0n) is 16.8. The SMILES string of the molecule is CC(=O)O[C@@H]1c2c(ccc3ccc(=O)oc23)OC(C)(C)[C@@H]1OC(=O)[C@@]1(C)O[C@H]1C. The Morgan fingerprint density at radius 3 is 2.34 bits per heavy atom. The number of hydrogen-bond acceptors (Lipinski definition) is 8. The Labute approximate surface area is 166 Å². The predicted octanol–water partition coefficient (Wildman–Crippen LogP) is 2.66. The third kappa shape index (κ3) is 3.17. The second-order valence-corrected chi connectivity index (χ2v) is 8.08. The van der Waals surface area contributed by atoms with Crippen LogP contribution in [0.5, 0.6) is 5.75 Å². The molecule has 0 amide bonds. The fourth-order valence-corrected chi connectivity index (χ4v) is 3.63. The van der Waals surface area contributed by atoms with E-state index in [1.165, 1.54) is 13.0 Å². The van der Waals surface area contributed by atoms with Gasteiger partial charge in [0, 0.05) is 18.4 Å². The Balaban J connectivity index is 1.85. The van der Waals surface area contributed by atoms with Crippen molar-refractivity contribution in [3.8, 4) is 5.75 Å². The molecular weight excluding hydrogens is 380 g/mol. The van der Waals surface area contributed by atoms with Crippen LogP contribution in [-0.2, 0) is 23.8 Å². The highest BCUT2D eigenvalue weighted by Gasteiger charge is 2.60. The number of epoxide rings is 1. The summed E-state index contributed by atoms with van der Waals surface area (Å²) in [4.78, 5) is 36.5. The zero-order valence-corrected chi connectivity index (χ0v) is 16.8. The molecule has 1 aromatic carbocycles. The van der Waals surface area contributed by atoms with Crippen LogP contribution in [0.15, 0.2) is 33.5 Å². The van der Waals surface area contributed by atoms with Gasteiger partial charge in [0.1, 0.15) is 16.9 Å². The third-order valence-electron chi connectivity index (χ3n) is 5.48. The summed E-state index contributed by atoms with van der Waals surface area (Å²) in [6, 6.07) is 6.35. The Hall–Kier alpha value is -2.87. The first-order valence-corrected chi connectivity index (χ1v) is 9.35. The fraction of sp³-hybridized carbons (Fsp3) is 0.476. The standard InChI is InChI=1S/C21H22O8/c1-10-21(5,28-10)19(24)27-18-17(25-11(2)22)15-13(29-20(18,3)4)8-6-12-7-9-14(23)26-16(12)15/h6-10,17-18H,1-5H3/t10-,17+,18+,21-/m0/s1. The normalized spacial score (nSPS) is 29.5. The zero-order chi connectivity index (χ0) is 21.1. The molecule has 4 atom stereocenters. The van der Waals surface area contributed by atoms with Gasteiger partial charge in [0.05, 0.1) is 11.7 Å². The van der Waals surface area contributed by atoms with Gasteiger partial charge in [-0.1, -0.05) is 0 Å². The summed E-state index contributed by atoms with van der Waals surface area (Å²) < 4.78 is 28.2. The van der Waals surface area contributed by atoms with E-state index in [4.69, 9.17) is 23.4 Å². The molecule has 8 nitrogen and oxygen atoms in total. The topological polar surface area (TPSA) is 105 Å². The summed E-state index contributed by atoms with van der Waals surface area (Å²) in [5, 5.41) is 0.625. The molecule has 2 aliphatic rings. The van der Waals surface area contributed by atoms with Gasteiger partial charge >= 0.3 is 17.6 Å². The van der Waals surface area contributed by atoms with E-state index < -0.39 is 41.0 Å². The van der Waals surface area contributed by atoms with Crippen LogP contribution in [0.2, 0.25) is 0 Å². The van der Waals surface area contributed by atoms with Crippen molar-refractivity contribution in [3.05, 3.63) is 40.2 Å². The molecule has 8 heteroatoms. The molecule has 154 valence electrons. The highest BCUT2D eigenvalue weighted by molar-refractivity contribution is 5.85. The smallest absolute Gasteiger partial charge is 0.341 e. The van der Waals surface area contributed by atoms with Crippen molar-refractivity contribution in [1.82, 2.24) is 0 Å². The number of carbonyl (C=O) groups is 2. The number of rotatable bonds is 3. The first-order chi connectivity index (χ1) is 13.5. The van der Waals surface area contributed by atoms with E-state index in [1.807, 2.05) is 0 Å². The summed E-state index contributed by atoms with van der Waals surface area (Å²) in [5.74, 6) is -0.760. The summed E-state index contributed by atoms with van der Waals surface area (Å²) in [6.45, 7) is 8.13. The number of fused-ring (bicyclic) bond motifs is 3. The summed E-state index contributed by atoms with van der Waals surface area (Å²) in [7, 11) is 0. The van der Waals surface area contributed by atoms with Crippen molar-refractivity contribution >= 4 is 22.9 Å². The van der Waals surface area contributed by atoms with Gasteiger partial charge in [-0.25, -0.2) is 9.59 Å². The number of hydrogen-bond donors (Lipinski definition) is 0. The van der Waals surface area contributed by atoms with Crippen LogP contribution in [0, 0.1) is 0 Å². The van der Waals surface area contributed by atoms with E-state index in [0.29, 0.717) is 16.7 Å². The molecule has 2 aliphatic heterocycles. The summed E-state index contributed by atoms with van der Waals surface area (Å²) >= 11 is 0. The molecule has 0 aliphatic carbocycles. The van der Waals surface area contributed by atoms with Crippen molar-refractivity contribution in [1.29, 1.82) is 0 Å². The van der Waals surface area contributed by atoms with Gasteiger partial charge in [0.25, 0.3) is 0 Å². The summed E-state index contributed by atoms with van der Waals surface area (Å²) in [6.07, 6.45) is -2.29. The number of carbonyl (C=O) groups excluding carboxylic acids is 2. The Morgan fingerprint density at radius 1 is 1.07 bits per heavy atom. The first kappa shape index (κ1) is 19.4. The molecule has 0 spiro atoms. The lowest BCUT2D eigenvalue weighted by atomic mass is 9.87. The Kier molecular flexibility index (Phi) is 4.24. The van der Waals surface area contributed by atoms with E-state index >= 15 is 0 Å². The molecule has 0 unspecified atom stereocenters. The van der Waals surface area contributed by atoms with Crippen molar-refractivity contribution in [2.75, 3.05) is 0 Å². The third-order valence-corrected chi connectivity index (χ3v) is 5.48. The predicted molar refractivity (Wildman–Crippen MR) is 101 cm³/mol. The highest BCUT2D eigenvalue weighted by atomic mass is 16.7. The Bertz CT molecular complexity index is 1070. The van der Waals surface area contributed by atoms with E-state index in [-0.39, 0.29) is 11.7 Å². The van der Waals surface area contributed by atoms with Gasteiger partial charge in [0.15, 0.2) is 17.8 Å². The van der Waals surface area contributed by atoms with Crippen LogP contribution in [0.1, 0.15) is 46.3 Å². The summed E-state index contributed by atoms with van der Waals surface area (Å²) in [5.41, 5.74) is -2.07. The van der Waals surface area contributed by atoms with E-state index in [9.17, 15) is 14.4 Å². The lowest BCUT2D eigenvalue weighted by Crippen LogP contribution is -2.53. The lowest BCUT2D eigenvalue weighted by Gasteiger charge is -2.43. The lowest BCUT2D eigenvalue weighted by molar-refractivity contribution is -0.192. The van der Waals surface area contributed by atoms with Crippen molar-refractivity contribution in [2.24, 2.45) is 0 Å². The van der Waals surface area contributed by atoms with Crippen molar-refractivity contribution < 1.29 is 33.0 Å². The second kappa shape index (κ2) is 6.32. The molecule has 29 heavy (non-hydrogen) atoms. The average molecular weight is 402 g/mol. The minimum atomic E-state index is -1.05. The maximum atomic E-state index is 12.7. The van der Waals surface area contributed by atoms with Crippen LogP contribution in [0.4, 0.5) is 0 Å². The van der Waals surface area contributed by atoms with Crippen LogP contribution in [0.25, 0.3) is 11.0 Å². The number of ether oxygens (including phenoxy) is 4. The number of esters is 2. The van der Waals surface area contributed by atoms with Crippen LogP contribution in [0.3, 0.4) is 0 Å². The maximum Gasteiger partial charge on any atom is 0.341 e. The largest absolute Gasteiger partial charge is 0.483 e. The molecular formula is C21H22O8. The minimum absolute atomic E-state index is 0.222. The second-order valence-electron chi connectivity index (χ2n) is 8.08. The quantitative estimate of drug-likeness (QED) is 0.438. The van der Waals surface area contributed by atoms with Crippen LogP contribution in [-0.4, -0.2) is 35.3 Å². The molecule has 1 aromatic heterocycles. The molecule has 2 aromatic rings.